The van der Waals surface area contributed by atoms with E-state index in [0.29, 0.717) is 15.7 Å². The maximum Gasteiger partial charge on any atom is 0.312 e. The van der Waals surface area contributed by atoms with Gasteiger partial charge in [-0.15, -0.1) is 0 Å². The normalized spacial score (nSPS) is 15.3. The number of nitrogens with one attached hydrogen (secondary N) is 1. The lowest BCUT2D eigenvalue weighted by Crippen LogP contribution is -2.35. The fraction of sp³-hybridized carbons (Fsp3) is 0.158. The Morgan fingerprint density at radius 1 is 1.21 bits per heavy atom. The van der Waals surface area contributed by atoms with Gasteiger partial charge in [0.25, 0.3) is 11.8 Å². The summed E-state index contributed by atoms with van der Waals surface area (Å²) in [6.45, 7) is 3.51. The molecule has 2 amide bonds. The predicted molar refractivity (Wildman–Crippen MR) is 107 cm³/mol. The van der Waals surface area contributed by atoms with Crippen LogP contribution in [0.2, 0.25) is 0 Å². The molecular weight excluding hydrogens is 430 g/mol. The minimum absolute atomic E-state index is 0.0928. The zero-order valence-corrected chi connectivity index (χ0v) is 16.6. The summed E-state index contributed by atoms with van der Waals surface area (Å²) in [5, 5.41) is 12.6. The van der Waals surface area contributed by atoms with Crippen molar-refractivity contribution in [3.05, 3.63) is 68.2 Å². The quantitative estimate of drug-likeness (QED) is 0.327. The molecule has 0 saturated carbocycles. The van der Waals surface area contributed by atoms with Gasteiger partial charge in [-0.2, -0.15) is 0 Å². The van der Waals surface area contributed by atoms with E-state index in [0.717, 1.165) is 5.01 Å². The van der Waals surface area contributed by atoms with Crippen LogP contribution in [0.1, 0.15) is 19.4 Å². The maximum atomic E-state index is 12.6. The summed E-state index contributed by atoms with van der Waals surface area (Å²) >= 11 is 3.27. The number of ether oxygens (including phenoxy) is 1. The molecule has 1 fully saturated rings. The number of carbonyl (C=O) groups is 2. The van der Waals surface area contributed by atoms with Crippen LogP contribution in [-0.4, -0.2) is 22.8 Å². The van der Waals surface area contributed by atoms with Crippen LogP contribution >= 0.6 is 15.9 Å². The first-order chi connectivity index (χ1) is 13.3. The Hall–Kier alpha value is -3.20. The van der Waals surface area contributed by atoms with E-state index in [1.807, 2.05) is 0 Å². The van der Waals surface area contributed by atoms with E-state index >= 15 is 0 Å². The maximum absolute atomic E-state index is 12.6. The topological polar surface area (TPSA) is 102 Å². The number of carbonyl (C=O) groups excluding carboxylic acids is 2. The summed E-state index contributed by atoms with van der Waals surface area (Å²) in [5.41, 5.74) is 2.93. The molecule has 1 heterocycles. The van der Waals surface area contributed by atoms with Gasteiger partial charge in [0, 0.05) is 6.07 Å². The van der Waals surface area contributed by atoms with Crippen LogP contribution in [0.4, 0.5) is 11.4 Å². The lowest BCUT2D eigenvalue weighted by Gasteiger charge is -2.14. The Labute approximate surface area is 169 Å². The molecule has 8 nitrogen and oxygen atoms in total. The van der Waals surface area contributed by atoms with Crippen LogP contribution in [0.5, 0.6) is 5.75 Å². The van der Waals surface area contributed by atoms with Gasteiger partial charge in [0.2, 0.25) is 5.75 Å². The van der Waals surface area contributed by atoms with Crippen molar-refractivity contribution in [1.82, 2.24) is 5.43 Å². The zero-order chi connectivity index (χ0) is 20.4. The molecule has 28 heavy (non-hydrogen) atoms. The van der Waals surface area contributed by atoms with Gasteiger partial charge in [-0.3, -0.25) is 25.1 Å². The third-order valence-corrected chi connectivity index (χ3v) is 4.40. The van der Waals surface area contributed by atoms with Crippen molar-refractivity contribution >= 4 is 45.2 Å². The van der Waals surface area contributed by atoms with Gasteiger partial charge in [0.15, 0.2) is 0 Å². The van der Waals surface area contributed by atoms with Crippen LogP contribution in [0, 0.1) is 10.1 Å². The van der Waals surface area contributed by atoms with Crippen LogP contribution < -0.4 is 15.2 Å². The molecule has 0 atom stereocenters. The van der Waals surface area contributed by atoms with Crippen molar-refractivity contribution in [1.29, 1.82) is 0 Å². The summed E-state index contributed by atoms with van der Waals surface area (Å²) in [6, 6.07) is 11.5. The Morgan fingerprint density at radius 3 is 2.50 bits per heavy atom. The number of rotatable bonds is 5. The number of halogens is 1. The Kier molecular flexibility index (Phi) is 5.46. The zero-order valence-electron chi connectivity index (χ0n) is 15.0. The van der Waals surface area contributed by atoms with Crippen LogP contribution in [0.25, 0.3) is 6.08 Å². The molecule has 0 radical (unpaired) electrons. The molecule has 2 aromatic carbocycles. The van der Waals surface area contributed by atoms with Gasteiger partial charge in [0.1, 0.15) is 5.57 Å². The summed E-state index contributed by atoms with van der Waals surface area (Å²) in [5.74, 6) is -1.04. The number of hydrogen-bond acceptors (Lipinski definition) is 5. The van der Waals surface area contributed by atoms with Crippen molar-refractivity contribution in [2.45, 2.75) is 20.0 Å². The number of hydrazine groups is 1. The molecule has 144 valence electrons. The lowest BCUT2D eigenvalue weighted by molar-refractivity contribution is -0.386. The average Bonchev–Trinajstić information content (AvgIpc) is 2.92. The van der Waals surface area contributed by atoms with Gasteiger partial charge in [0.05, 0.1) is 21.2 Å². The van der Waals surface area contributed by atoms with E-state index in [9.17, 15) is 19.7 Å². The second-order valence-corrected chi connectivity index (χ2v) is 7.10. The van der Waals surface area contributed by atoms with E-state index in [1.54, 1.807) is 50.2 Å². The first-order valence-corrected chi connectivity index (χ1v) is 9.14. The van der Waals surface area contributed by atoms with Crippen molar-refractivity contribution in [2.75, 3.05) is 5.01 Å². The van der Waals surface area contributed by atoms with E-state index in [-0.39, 0.29) is 23.1 Å². The summed E-state index contributed by atoms with van der Waals surface area (Å²) in [6.07, 6.45) is 1.05. The number of nitrogens with zero attached hydrogens (tertiary/aromatic N) is 2. The van der Waals surface area contributed by atoms with Gasteiger partial charge in [-0.1, -0.05) is 18.2 Å². The molecule has 1 saturated heterocycles. The van der Waals surface area contributed by atoms with E-state index < -0.39 is 16.7 Å². The average molecular weight is 446 g/mol. The van der Waals surface area contributed by atoms with Gasteiger partial charge in [-0.25, -0.2) is 5.01 Å². The fourth-order valence-electron chi connectivity index (χ4n) is 2.65. The molecular formula is C19H16BrN3O5. The third-order valence-electron chi connectivity index (χ3n) is 3.81. The number of hydrogen-bond donors (Lipinski definition) is 1. The minimum Gasteiger partial charge on any atom is -0.483 e. The number of amides is 2. The highest BCUT2D eigenvalue weighted by Crippen LogP contribution is 2.38. The minimum atomic E-state index is -0.588. The number of para-hydroxylation sites is 1. The second kappa shape index (κ2) is 7.81. The first kappa shape index (κ1) is 19.6. The van der Waals surface area contributed by atoms with Gasteiger partial charge >= 0.3 is 5.69 Å². The van der Waals surface area contributed by atoms with Gasteiger partial charge in [-0.05, 0) is 59.6 Å². The molecule has 0 aliphatic carbocycles. The molecule has 0 aromatic heterocycles. The van der Waals surface area contributed by atoms with E-state index in [1.165, 1.54) is 12.1 Å². The Morgan fingerprint density at radius 2 is 1.89 bits per heavy atom. The summed E-state index contributed by atoms with van der Waals surface area (Å²) in [7, 11) is 0. The second-order valence-electron chi connectivity index (χ2n) is 6.25. The van der Waals surface area contributed by atoms with Crippen LogP contribution in [-0.2, 0) is 9.59 Å². The largest absolute Gasteiger partial charge is 0.483 e. The number of nitro benzene ring substituents is 1. The SMILES string of the molecule is CC(C)Oc1c(Br)cc(C=C2C(=O)NN(c3ccccc3)C2=O)cc1[N+](=O)[O-]. The smallest absolute Gasteiger partial charge is 0.312 e. The van der Waals surface area contributed by atoms with E-state index in [2.05, 4.69) is 21.4 Å². The van der Waals surface area contributed by atoms with Crippen LogP contribution in [0.15, 0.2) is 52.5 Å². The Balaban J connectivity index is 2.00. The molecule has 9 heteroatoms. The molecule has 1 N–H and O–H groups in total. The van der Waals surface area contributed by atoms with Crippen molar-refractivity contribution in [3.63, 3.8) is 0 Å². The summed E-state index contributed by atoms with van der Waals surface area (Å²) in [4.78, 5) is 35.8. The molecule has 3 rings (SSSR count). The third kappa shape index (κ3) is 3.89. The molecule has 0 spiro atoms. The van der Waals surface area contributed by atoms with Crippen molar-refractivity contribution in [2.24, 2.45) is 0 Å². The van der Waals surface area contributed by atoms with Crippen molar-refractivity contribution < 1.29 is 19.2 Å². The highest BCUT2D eigenvalue weighted by molar-refractivity contribution is 9.10. The molecule has 0 bridgehead atoms. The molecule has 1 aliphatic rings. The standard InChI is InChI=1S/C19H16BrN3O5/c1-11(2)28-17-15(20)9-12(10-16(17)23(26)27)8-14-18(24)21-22(19(14)25)13-6-4-3-5-7-13/h3-11H,1-2H3,(H,21,24). The highest BCUT2D eigenvalue weighted by atomic mass is 79.9. The van der Waals surface area contributed by atoms with Crippen molar-refractivity contribution in [3.8, 4) is 5.75 Å². The molecule has 2 aromatic rings. The van der Waals surface area contributed by atoms with Crippen LogP contribution in [0.3, 0.4) is 0 Å². The monoisotopic (exact) mass is 445 g/mol. The molecule has 0 unspecified atom stereocenters. The lowest BCUT2D eigenvalue weighted by atomic mass is 10.1. The molecule has 1 aliphatic heterocycles. The number of anilines is 1. The Bertz CT molecular complexity index is 989. The number of benzene rings is 2. The van der Waals surface area contributed by atoms with E-state index in [4.69, 9.17) is 4.74 Å². The highest BCUT2D eigenvalue weighted by Gasteiger charge is 2.34. The van der Waals surface area contributed by atoms with Gasteiger partial charge < -0.3 is 4.74 Å². The number of nitro groups is 1. The predicted octanol–water partition coefficient (Wildman–Crippen LogP) is 3.61. The first-order valence-electron chi connectivity index (χ1n) is 8.34. The summed E-state index contributed by atoms with van der Waals surface area (Å²) < 4.78 is 5.87. The fourth-order valence-corrected chi connectivity index (χ4v) is 3.21.